The van der Waals surface area contributed by atoms with Crippen LogP contribution in [0.2, 0.25) is 0 Å². The summed E-state index contributed by atoms with van der Waals surface area (Å²) in [6.07, 6.45) is 3.91. The zero-order valence-electron chi connectivity index (χ0n) is 16.5. The molecule has 30 heavy (non-hydrogen) atoms. The highest BCUT2D eigenvalue weighted by Crippen LogP contribution is 2.24. The van der Waals surface area contributed by atoms with Crippen LogP contribution in [0.1, 0.15) is 34.3 Å². The molecule has 1 fully saturated rings. The summed E-state index contributed by atoms with van der Waals surface area (Å²) >= 11 is 0. The van der Waals surface area contributed by atoms with E-state index in [2.05, 4.69) is 10.6 Å². The van der Waals surface area contributed by atoms with Crippen molar-refractivity contribution < 1.29 is 9.59 Å². The minimum absolute atomic E-state index is 0.0786. The Morgan fingerprint density at radius 1 is 0.833 bits per heavy atom. The van der Waals surface area contributed by atoms with Gasteiger partial charge in [0, 0.05) is 17.2 Å². The summed E-state index contributed by atoms with van der Waals surface area (Å²) in [7, 11) is 0. The second-order valence-corrected chi connectivity index (χ2v) is 7.34. The predicted octanol–water partition coefficient (Wildman–Crippen LogP) is 4.34. The van der Waals surface area contributed by atoms with E-state index in [9.17, 15) is 9.59 Å². The van der Waals surface area contributed by atoms with E-state index in [4.69, 9.17) is 5.73 Å². The highest BCUT2D eigenvalue weighted by Gasteiger charge is 2.25. The van der Waals surface area contributed by atoms with Gasteiger partial charge in [0.15, 0.2) is 0 Å². The molecule has 4 rings (SSSR count). The molecule has 2 amide bonds. The lowest BCUT2D eigenvalue weighted by Gasteiger charge is -2.10. The monoisotopic (exact) mass is 397 g/mol. The molecule has 1 saturated carbocycles. The van der Waals surface area contributed by atoms with Gasteiger partial charge in [0.05, 0.1) is 11.4 Å². The summed E-state index contributed by atoms with van der Waals surface area (Å²) in [5.41, 5.74) is 9.80. The van der Waals surface area contributed by atoms with Gasteiger partial charge in [0.2, 0.25) is 0 Å². The summed E-state index contributed by atoms with van der Waals surface area (Å²) in [5, 5.41) is 5.87. The number of rotatable bonds is 6. The Hall–Kier alpha value is -3.86. The van der Waals surface area contributed by atoms with Gasteiger partial charge in [0.25, 0.3) is 11.8 Å². The van der Waals surface area contributed by atoms with Crippen molar-refractivity contribution in [2.45, 2.75) is 18.9 Å². The standard InChI is InChI=1S/C25H23N3O2/c26-22-8-4-5-9-23(22)28-24(29)19-12-10-17(11-13-19)16-21(18-6-2-1-3-7-18)25(30)27-20-14-15-20/h1-13,16,20H,14-15,26H2,(H,27,30)(H,28,29). The Labute approximate surface area is 175 Å². The van der Waals surface area contributed by atoms with Crippen LogP contribution in [0.4, 0.5) is 11.4 Å². The molecule has 5 nitrogen and oxygen atoms in total. The third-order valence-electron chi connectivity index (χ3n) is 4.93. The van der Waals surface area contributed by atoms with Crippen LogP contribution in [0.25, 0.3) is 11.6 Å². The molecule has 5 heteroatoms. The molecule has 1 aliphatic carbocycles. The number of anilines is 2. The number of benzene rings is 3. The normalized spacial score (nSPS) is 13.5. The number of nitrogens with two attached hydrogens (primary N) is 1. The van der Waals surface area contributed by atoms with Crippen LogP contribution in [0.15, 0.2) is 78.9 Å². The van der Waals surface area contributed by atoms with Gasteiger partial charge < -0.3 is 16.4 Å². The van der Waals surface area contributed by atoms with Crippen molar-refractivity contribution in [3.8, 4) is 0 Å². The van der Waals surface area contributed by atoms with Gasteiger partial charge in [-0.05, 0) is 54.3 Å². The lowest BCUT2D eigenvalue weighted by atomic mass is 10.0. The molecule has 0 bridgehead atoms. The maximum atomic E-state index is 12.8. The van der Waals surface area contributed by atoms with Crippen LogP contribution in [-0.4, -0.2) is 17.9 Å². The Balaban J connectivity index is 1.55. The van der Waals surface area contributed by atoms with Crippen LogP contribution < -0.4 is 16.4 Å². The van der Waals surface area contributed by atoms with E-state index >= 15 is 0 Å². The largest absolute Gasteiger partial charge is 0.397 e. The molecular weight excluding hydrogens is 374 g/mol. The summed E-state index contributed by atoms with van der Waals surface area (Å²) in [5.74, 6) is -0.316. The van der Waals surface area contributed by atoms with E-state index in [1.54, 1.807) is 24.3 Å². The smallest absolute Gasteiger partial charge is 0.255 e. The van der Waals surface area contributed by atoms with E-state index < -0.39 is 0 Å². The quantitative estimate of drug-likeness (QED) is 0.329. The molecule has 0 atom stereocenters. The fourth-order valence-electron chi connectivity index (χ4n) is 3.09. The van der Waals surface area contributed by atoms with Gasteiger partial charge in [-0.1, -0.05) is 54.6 Å². The summed E-state index contributed by atoms with van der Waals surface area (Å²) < 4.78 is 0. The lowest BCUT2D eigenvalue weighted by molar-refractivity contribution is -0.115. The third kappa shape index (κ3) is 4.75. The van der Waals surface area contributed by atoms with Gasteiger partial charge in [0.1, 0.15) is 0 Å². The molecule has 3 aromatic rings. The second kappa shape index (κ2) is 8.66. The number of carbonyl (C=O) groups is 2. The van der Waals surface area contributed by atoms with Crippen LogP contribution in [0.3, 0.4) is 0 Å². The van der Waals surface area contributed by atoms with Gasteiger partial charge in [-0.25, -0.2) is 0 Å². The zero-order chi connectivity index (χ0) is 20.9. The Morgan fingerprint density at radius 2 is 1.50 bits per heavy atom. The molecule has 4 N–H and O–H groups in total. The van der Waals surface area contributed by atoms with Crippen LogP contribution >= 0.6 is 0 Å². The first-order valence-corrected chi connectivity index (χ1v) is 9.94. The minimum atomic E-state index is -0.238. The number of para-hydroxylation sites is 2. The average molecular weight is 397 g/mol. The van der Waals surface area contributed by atoms with Crippen molar-refractivity contribution in [3.63, 3.8) is 0 Å². The maximum absolute atomic E-state index is 12.8. The fraction of sp³-hybridized carbons (Fsp3) is 0.120. The molecule has 150 valence electrons. The number of nitrogen functional groups attached to an aromatic ring is 1. The topological polar surface area (TPSA) is 84.2 Å². The summed E-state index contributed by atoms with van der Waals surface area (Å²) in [6, 6.07) is 24.1. The first kappa shape index (κ1) is 19.5. The van der Waals surface area contributed by atoms with Gasteiger partial charge in [-0.2, -0.15) is 0 Å². The highest BCUT2D eigenvalue weighted by atomic mass is 16.2. The number of hydrogen-bond acceptors (Lipinski definition) is 3. The van der Waals surface area contributed by atoms with Crippen LogP contribution in [-0.2, 0) is 4.79 Å². The number of hydrogen-bond donors (Lipinski definition) is 3. The fourth-order valence-corrected chi connectivity index (χ4v) is 3.09. The molecule has 0 spiro atoms. The van der Waals surface area contributed by atoms with Crippen molar-refractivity contribution in [2.24, 2.45) is 0 Å². The van der Waals surface area contributed by atoms with Crippen molar-refractivity contribution in [1.29, 1.82) is 0 Å². The predicted molar refractivity (Wildman–Crippen MR) is 121 cm³/mol. The van der Waals surface area contributed by atoms with Crippen molar-refractivity contribution in [2.75, 3.05) is 11.1 Å². The van der Waals surface area contributed by atoms with Gasteiger partial charge >= 0.3 is 0 Å². The summed E-state index contributed by atoms with van der Waals surface area (Å²) in [6.45, 7) is 0. The Morgan fingerprint density at radius 3 is 2.17 bits per heavy atom. The van der Waals surface area contributed by atoms with Crippen LogP contribution in [0.5, 0.6) is 0 Å². The maximum Gasteiger partial charge on any atom is 0.255 e. The second-order valence-electron chi connectivity index (χ2n) is 7.34. The van der Waals surface area contributed by atoms with Crippen molar-refractivity contribution in [3.05, 3.63) is 95.6 Å². The molecule has 0 heterocycles. The van der Waals surface area contributed by atoms with Crippen LogP contribution in [0, 0.1) is 0 Å². The number of carbonyl (C=O) groups excluding carboxylic acids is 2. The van der Waals surface area contributed by atoms with Gasteiger partial charge in [-0.3, -0.25) is 9.59 Å². The number of nitrogens with one attached hydrogen (secondary N) is 2. The highest BCUT2D eigenvalue weighted by molar-refractivity contribution is 6.24. The van der Waals surface area contributed by atoms with E-state index in [1.165, 1.54) is 0 Å². The molecule has 0 aromatic heterocycles. The Kier molecular flexibility index (Phi) is 5.61. The average Bonchev–Trinajstić information content (AvgIpc) is 3.58. The first-order valence-electron chi connectivity index (χ1n) is 9.94. The third-order valence-corrected chi connectivity index (χ3v) is 4.93. The number of amides is 2. The molecule has 3 aromatic carbocycles. The molecule has 1 aliphatic rings. The molecule has 0 aliphatic heterocycles. The molecule has 0 radical (unpaired) electrons. The van der Waals surface area contributed by atoms with Gasteiger partial charge in [-0.15, -0.1) is 0 Å². The lowest BCUT2D eigenvalue weighted by Crippen LogP contribution is -2.26. The summed E-state index contributed by atoms with van der Waals surface area (Å²) in [4.78, 5) is 25.3. The van der Waals surface area contributed by atoms with E-state index in [-0.39, 0.29) is 17.9 Å². The van der Waals surface area contributed by atoms with Crippen molar-refractivity contribution in [1.82, 2.24) is 5.32 Å². The molecule has 0 saturated heterocycles. The first-order chi connectivity index (χ1) is 14.6. The molecular formula is C25H23N3O2. The zero-order valence-corrected chi connectivity index (χ0v) is 16.5. The Bertz CT molecular complexity index is 1080. The minimum Gasteiger partial charge on any atom is -0.397 e. The molecule has 0 unspecified atom stereocenters. The van der Waals surface area contributed by atoms with Crippen molar-refractivity contribution >= 4 is 34.8 Å². The van der Waals surface area contributed by atoms with E-state index in [1.807, 2.05) is 60.7 Å². The SMILES string of the molecule is Nc1ccccc1NC(=O)c1ccc(C=C(C(=O)NC2CC2)c2ccccc2)cc1. The van der Waals surface area contributed by atoms with E-state index in [0.29, 0.717) is 22.5 Å². The van der Waals surface area contributed by atoms with E-state index in [0.717, 1.165) is 24.0 Å².